The Kier molecular flexibility index (Phi) is 5.40. The van der Waals surface area contributed by atoms with Crippen molar-refractivity contribution in [3.05, 3.63) is 35.6 Å². The van der Waals surface area contributed by atoms with Crippen LogP contribution in [0, 0.1) is 11.7 Å². The molecule has 122 valence electrons. The number of nitrogens with one attached hydrogen (secondary N) is 2. The van der Waals surface area contributed by atoms with Crippen LogP contribution in [0.15, 0.2) is 24.3 Å². The molecule has 1 aliphatic carbocycles. The summed E-state index contributed by atoms with van der Waals surface area (Å²) in [6.07, 6.45) is 2.56. The molecule has 0 saturated heterocycles. The number of benzene rings is 1. The lowest BCUT2D eigenvalue weighted by atomic mass is 9.96. The zero-order valence-corrected chi connectivity index (χ0v) is 13.2. The summed E-state index contributed by atoms with van der Waals surface area (Å²) in [6.45, 7) is 4.64. The molecule has 2 rings (SSSR count). The lowest BCUT2D eigenvalue weighted by Crippen LogP contribution is -2.46. The Balaban J connectivity index is 1.87. The van der Waals surface area contributed by atoms with Crippen molar-refractivity contribution in [2.45, 2.75) is 44.6 Å². The highest BCUT2D eigenvalue weighted by molar-refractivity contribution is 5.74. The van der Waals surface area contributed by atoms with E-state index in [0.717, 1.165) is 18.4 Å². The summed E-state index contributed by atoms with van der Waals surface area (Å²) in [5.74, 6) is 0.0268. The largest absolute Gasteiger partial charge is 0.396 e. The maximum atomic E-state index is 13.0. The van der Waals surface area contributed by atoms with Gasteiger partial charge in [-0.1, -0.05) is 26.0 Å². The Morgan fingerprint density at radius 1 is 1.32 bits per heavy atom. The van der Waals surface area contributed by atoms with E-state index in [2.05, 4.69) is 10.6 Å². The van der Waals surface area contributed by atoms with Gasteiger partial charge in [0, 0.05) is 24.6 Å². The molecule has 1 unspecified atom stereocenters. The highest BCUT2D eigenvalue weighted by Crippen LogP contribution is 2.47. The van der Waals surface area contributed by atoms with Crippen LogP contribution in [0.1, 0.15) is 38.7 Å². The van der Waals surface area contributed by atoms with Crippen LogP contribution in [-0.2, 0) is 5.41 Å². The fraction of sp³-hybridized carbons (Fsp3) is 0.588. The number of rotatable bonds is 7. The predicted octanol–water partition coefficient (Wildman–Crippen LogP) is 2.56. The monoisotopic (exact) mass is 308 g/mol. The van der Waals surface area contributed by atoms with Gasteiger partial charge in [-0.05, 0) is 42.9 Å². The average molecular weight is 308 g/mol. The van der Waals surface area contributed by atoms with Crippen LogP contribution in [-0.4, -0.2) is 30.3 Å². The van der Waals surface area contributed by atoms with E-state index in [-0.39, 0.29) is 35.8 Å². The lowest BCUT2D eigenvalue weighted by molar-refractivity contribution is 0.218. The van der Waals surface area contributed by atoms with E-state index < -0.39 is 0 Å². The van der Waals surface area contributed by atoms with Crippen molar-refractivity contribution in [3.63, 3.8) is 0 Å². The van der Waals surface area contributed by atoms with Crippen molar-refractivity contribution in [2.75, 3.05) is 13.2 Å². The van der Waals surface area contributed by atoms with Crippen LogP contribution in [0.4, 0.5) is 9.18 Å². The standard InChI is InChI=1S/C17H25FN2O2/c1-12(2)15(7-10-21)20-16(22)19-11-17(8-9-17)13-3-5-14(18)6-4-13/h3-6,12,15,21H,7-11H2,1-2H3,(H2,19,20,22). The van der Waals surface area contributed by atoms with Gasteiger partial charge in [-0.25, -0.2) is 9.18 Å². The highest BCUT2D eigenvalue weighted by Gasteiger charge is 2.44. The summed E-state index contributed by atoms with van der Waals surface area (Å²) in [4.78, 5) is 12.0. The number of hydrogen-bond acceptors (Lipinski definition) is 2. The van der Waals surface area contributed by atoms with Crippen molar-refractivity contribution >= 4 is 6.03 Å². The number of aliphatic hydroxyl groups excluding tert-OH is 1. The molecule has 1 aromatic carbocycles. The van der Waals surface area contributed by atoms with Crippen molar-refractivity contribution < 1.29 is 14.3 Å². The Labute approximate surface area is 131 Å². The minimum absolute atomic E-state index is 0.0361. The van der Waals surface area contributed by atoms with Crippen LogP contribution in [0.2, 0.25) is 0 Å². The molecule has 1 aromatic rings. The third kappa shape index (κ3) is 4.19. The molecule has 5 heteroatoms. The number of aliphatic hydroxyl groups is 1. The number of amides is 2. The second-order valence-electron chi connectivity index (χ2n) is 6.48. The zero-order chi connectivity index (χ0) is 16.2. The number of carbonyl (C=O) groups excluding carboxylic acids is 1. The first-order chi connectivity index (χ1) is 10.5. The number of hydrogen-bond donors (Lipinski definition) is 3. The first kappa shape index (κ1) is 16.7. The van der Waals surface area contributed by atoms with Crippen molar-refractivity contribution in [3.8, 4) is 0 Å². The summed E-state index contributed by atoms with van der Waals surface area (Å²) in [7, 11) is 0. The maximum Gasteiger partial charge on any atom is 0.315 e. The summed E-state index contributed by atoms with van der Waals surface area (Å²) in [5, 5.41) is 14.9. The third-order valence-corrected chi connectivity index (χ3v) is 4.46. The maximum absolute atomic E-state index is 13.0. The fourth-order valence-electron chi connectivity index (χ4n) is 2.70. The summed E-state index contributed by atoms with van der Waals surface area (Å²) >= 11 is 0. The molecule has 2 amide bonds. The number of carbonyl (C=O) groups is 1. The van der Waals surface area contributed by atoms with Gasteiger partial charge in [0.1, 0.15) is 5.82 Å². The Morgan fingerprint density at radius 2 is 1.95 bits per heavy atom. The third-order valence-electron chi connectivity index (χ3n) is 4.46. The summed E-state index contributed by atoms with van der Waals surface area (Å²) in [5.41, 5.74) is 1.03. The normalized spacial score (nSPS) is 17.1. The van der Waals surface area contributed by atoms with Crippen LogP contribution in [0.3, 0.4) is 0 Å². The van der Waals surface area contributed by atoms with Crippen molar-refractivity contribution in [1.29, 1.82) is 0 Å². The van der Waals surface area contributed by atoms with Gasteiger partial charge < -0.3 is 15.7 Å². The van der Waals surface area contributed by atoms with E-state index in [4.69, 9.17) is 5.11 Å². The first-order valence-electron chi connectivity index (χ1n) is 7.88. The molecular formula is C17H25FN2O2. The molecule has 0 aromatic heterocycles. The molecule has 4 nitrogen and oxygen atoms in total. The van der Waals surface area contributed by atoms with Gasteiger partial charge in [-0.3, -0.25) is 0 Å². The molecular weight excluding hydrogens is 283 g/mol. The number of halogens is 1. The Bertz CT molecular complexity index is 498. The van der Waals surface area contributed by atoms with Crippen LogP contribution in [0.25, 0.3) is 0 Å². The smallest absolute Gasteiger partial charge is 0.315 e. The quantitative estimate of drug-likeness (QED) is 0.725. The van der Waals surface area contributed by atoms with Gasteiger partial charge in [0.25, 0.3) is 0 Å². The SMILES string of the molecule is CC(C)C(CCO)NC(=O)NCC1(c2ccc(F)cc2)CC1. The van der Waals surface area contributed by atoms with Gasteiger partial charge in [0.05, 0.1) is 0 Å². The zero-order valence-electron chi connectivity index (χ0n) is 13.2. The molecule has 1 atom stereocenters. The number of urea groups is 1. The minimum Gasteiger partial charge on any atom is -0.396 e. The van der Waals surface area contributed by atoms with Crippen molar-refractivity contribution in [1.82, 2.24) is 10.6 Å². The molecule has 0 spiro atoms. The fourth-order valence-corrected chi connectivity index (χ4v) is 2.70. The van der Waals surface area contributed by atoms with E-state index in [1.807, 2.05) is 13.8 Å². The van der Waals surface area contributed by atoms with Gasteiger partial charge >= 0.3 is 6.03 Å². The highest BCUT2D eigenvalue weighted by atomic mass is 19.1. The minimum atomic E-state index is -0.242. The van der Waals surface area contributed by atoms with E-state index in [1.165, 1.54) is 12.1 Å². The van der Waals surface area contributed by atoms with Crippen LogP contribution in [0.5, 0.6) is 0 Å². The molecule has 3 N–H and O–H groups in total. The second kappa shape index (κ2) is 7.09. The van der Waals surface area contributed by atoms with E-state index in [0.29, 0.717) is 13.0 Å². The Hall–Kier alpha value is -1.62. The van der Waals surface area contributed by atoms with E-state index in [1.54, 1.807) is 12.1 Å². The lowest BCUT2D eigenvalue weighted by Gasteiger charge is -2.23. The molecule has 22 heavy (non-hydrogen) atoms. The molecule has 0 radical (unpaired) electrons. The van der Waals surface area contributed by atoms with Crippen LogP contribution >= 0.6 is 0 Å². The summed E-state index contributed by atoms with van der Waals surface area (Å²) in [6, 6.07) is 6.28. The van der Waals surface area contributed by atoms with Crippen LogP contribution < -0.4 is 10.6 Å². The van der Waals surface area contributed by atoms with Gasteiger partial charge in [0.2, 0.25) is 0 Å². The van der Waals surface area contributed by atoms with Gasteiger partial charge in [0.15, 0.2) is 0 Å². The second-order valence-corrected chi connectivity index (χ2v) is 6.48. The topological polar surface area (TPSA) is 61.4 Å². The molecule has 1 fully saturated rings. The predicted molar refractivity (Wildman–Crippen MR) is 84.2 cm³/mol. The molecule has 0 heterocycles. The summed E-state index contributed by atoms with van der Waals surface area (Å²) < 4.78 is 13.0. The van der Waals surface area contributed by atoms with Crippen molar-refractivity contribution in [2.24, 2.45) is 5.92 Å². The van der Waals surface area contributed by atoms with Gasteiger partial charge in [-0.15, -0.1) is 0 Å². The molecule has 0 aliphatic heterocycles. The van der Waals surface area contributed by atoms with E-state index in [9.17, 15) is 9.18 Å². The Morgan fingerprint density at radius 3 is 2.45 bits per heavy atom. The first-order valence-corrected chi connectivity index (χ1v) is 7.88. The molecule has 1 aliphatic rings. The molecule has 1 saturated carbocycles. The van der Waals surface area contributed by atoms with E-state index >= 15 is 0 Å². The van der Waals surface area contributed by atoms with Gasteiger partial charge in [-0.2, -0.15) is 0 Å². The average Bonchev–Trinajstić information content (AvgIpc) is 3.26. The molecule has 0 bridgehead atoms.